The Morgan fingerprint density at radius 1 is 1.09 bits per heavy atom. The highest BCUT2D eigenvalue weighted by Gasteiger charge is 2.55. The molecule has 0 saturated heterocycles. The minimum Gasteiger partial charge on any atom is -0.481 e. The molecule has 0 aromatic heterocycles. The van der Waals surface area contributed by atoms with Gasteiger partial charge in [0.05, 0.1) is 18.4 Å². The van der Waals surface area contributed by atoms with Crippen LogP contribution in [0.3, 0.4) is 0 Å². The monoisotopic (exact) mass is 494 g/mol. The zero-order valence-electron chi connectivity index (χ0n) is 21.6. The third-order valence-corrected chi connectivity index (χ3v) is 13.1. The molecule has 0 aliphatic heterocycles. The van der Waals surface area contributed by atoms with Crippen LogP contribution in [0.2, 0.25) is 18.1 Å². The van der Waals surface area contributed by atoms with Crippen LogP contribution in [0.25, 0.3) is 0 Å². The van der Waals surface area contributed by atoms with Gasteiger partial charge in [0.1, 0.15) is 6.10 Å². The molecule has 3 rings (SSSR count). The number of esters is 2. The molecule has 2 saturated carbocycles. The van der Waals surface area contributed by atoms with Crippen LogP contribution in [-0.2, 0) is 28.3 Å². The first-order valence-electron chi connectivity index (χ1n) is 12.6. The number of carboxylic acid groups (broad SMARTS) is 1. The topological polar surface area (TPSA) is 99.1 Å². The lowest BCUT2D eigenvalue weighted by molar-refractivity contribution is -0.166. The van der Waals surface area contributed by atoms with Crippen LogP contribution in [0.5, 0.6) is 0 Å². The molecule has 2 bridgehead atoms. The van der Waals surface area contributed by atoms with E-state index in [1.807, 2.05) is 0 Å². The molecule has 0 amide bonds. The van der Waals surface area contributed by atoms with Crippen LogP contribution in [0, 0.1) is 29.1 Å². The molecule has 7 nitrogen and oxygen atoms in total. The second-order valence-electron chi connectivity index (χ2n) is 12.3. The maximum absolute atomic E-state index is 12.5. The van der Waals surface area contributed by atoms with Gasteiger partial charge in [-0.2, -0.15) is 0 Å². The second kappa shape index (κ2) is 10.1. The van der Waals surface area contributed by atoms with Crippen molar-refractivity contribution in [2.24, 2.45) is 29.1 Å². The molecule has 34 heavy (non-hydrogen) atoms. The predicted octanol–water partition coefficient (Wildman–Crippen LogP) is 4.96. The summed E-state index contributed by atoms with van der Waals surface area (Å²) < 4.78 is 17.6. The van der Waals surface area contributed by atoms with Gasteiger partial charge in [-0.15, -0.1) is 0 Å². The number of unbranched alkanes of at least 4 members (excludes halogenated alkanes) is 1. The van der Waals surface area contributed by atoms with Crippen molar-refractivity contribution >= 4 is 26.2 Å². The van der Waals surface area contributed by atoms with Gasteiger partial charge in [-0.3, -0.25) is 14.4 Å². The second-order valence-corrected chi connectivity index (χ2v) is 17.1. The largest absolute Gasteiger partial charge is 0.481 e. The van der Waals surface area contributed by atoms with E-state index in [2.05, 4.69) is 40.8 Å². The quantitative estimate of drug-likeness (QED) is 0.188. The van der Waals surface area contributed by atoms with Gasteiger partial charge < -0.3 is 19.0 Å². The molecular formula is C26H42O7Si. The van der Waals surface area contributed by atoms with E-state index in [0.29, 0.717) is 25.6 Å². The maximum atomic E-state index is 12.5. The van der Waals surface area contributed by atoms with Gasteiger partial charge in [0.25, 0.3) is 0 Å². The molecule has 0 heterocycles. The van der Waals surface area contributed by atoms with Gasteiger partial charge in [0.2, 0.25) is 0 Å². The fraction of sp³-hybridized carbons (Fsp3) is 0.808. The number of hydrogen-bond acceptors (Lipinski definition) is 6. The number of ether oxygens (including phenoxy) is 2. The normalized spacial score (nSPS) is 32.4. The van der Waals surface area contributed by atoms with Gasteiger partial charge in [-0.05, 0) is 56.2 Å². The molecule has 8 heteroatoms. The summed E-state index contributed by atoms with van der Waals surface area (Å²) >= 11 is 0. The zero-order chi connectivity index (χ0) is 25.3. The molecule has 192 valence electrons. The van der Waals surface area contributed by atoms with Crippen LogP contribution in [0.1, 0.15) is 66.2 Å². The average molecular weight is 495 g/mol. The molecule has 3 aliphatic rings. The molecule has 0 unspecified atom stereocenters. The first kappa shape index (κ1) is 26.9. The summed E-state index contributed by atoms with van der Waals surface area (Å²) in [5, 5.41) is 9.35. The highest BCUT2D eigenvalue weighted by molar-refractivity contribution is 6.74. The highest BCUT2D eigenvalue weighted by Crippen LogP contribution is 2.57. The summed E-state index contributed by atoms with van der Waals surface area (Å²) in [6, 6.07) is 0. The highest BCUT2D eigenvalue weighted by atomic mass is 28.4. The number of rotatable bonds is 11. The Morgan fingerprint density at radius 2 is 1.76 bits per heavy atom. The maximum Gasteiger partial charge on any atom is 0.314 e. The number of aliphatic carboxylic acids is 1. The van der Waals surface area contributed by atoms with Crippen LogP contribution in [0.4, 0.5) is 0 Å². The van der Waals surface area contributed by atoms with Crippen molar-refractivity contribution in [3.8, 4) is 0 Å². The van der Waals surface area contributed by atoms with Crippen LogP contribution >= 0.6 is 0 Å². The summed E-state index contributed by atoms with van der Waals surface area (Å²) in [6.07, 6.45) is 7.59. The predicted molar refractivity (Wildman–Crippen MR) is 131 cm³/mol. The van der Waals surface area contributed by atoms with Crippen molar-refractivity contribution in [3.63, 3.8) is 0 Å². The van der Waals surface area contributed by atoms with Crippen molar-refractivity contribution in [2.45, 2.75) is 90.5 Å². The number of carbonyl (C=O) groups is 3. The van der Waals surface area contributed by atoms with E-state index in [9.17, 15) is 19.5 Å². The van der Waals surface area contributed by atoms with E-state index in [0.717, 1.165) is 32.1 Å². The Balaban J connectivity index is 1.39. The number of hydrogen-bond donors (Lipinski definition) is 1. The minimum atomic E-state index is -1.75. The lowest BCUT2D eigenvalue weighted by Gasteiger charge is -2.38. The van der Waals surface area contributed by atoms with Crippen molar-refractivity contribution < 1.29 is 33.4 Å². The third-order valence-electron chi connectivity index (χ3n) is 8.60. The number of carboxylic acids is 1. The van der Waals surface area contributed by atoms with Gasteiger partial charge in [0, 0.05) is 24.4 Å². The first-order chi connectivity index (χ1) is 15.7. The number of fused-ring (bicyclic) bond motifs is 2. The fourth-order valence-corrected chi connectivity index (χ4v) is 6.45. The fourth-order valence-electron chi connectivity index (χ4n) is 5.36. The van der Waals surface area contributed by atoms with Gasteiger partial charge in [-0.1, -0.05) is 39.8 Å². The Labute approximate surface area is 204 Å². The smallest absolute Gasteiger partial charge is 0.314 e. The van der Waals surface area contributed by atoms with Crippen molar-refractivity contribution in [2.75, 3.05) is 13.2 Å². The molecule has 0 spiro atoms. The lowest BCUT2D eigenvalue weighted by atomic mass is 9.74. The van der Waals surface area contributed by atoms with E-state index in [4.69, 9.17) is 13.9 Å². The van der Waals surface area contributed by atoms with E-state index in [1.165, 1.54) is 6.08 Å². The third kappa shape index (κ3) is 5.93. The molecular weight excluding hydrogens is 452 g/mol. The Bertz CT molecular complexity index is 814. The SMILES string of the molecule is CC(C)(C)[Si](C)(C)OCCCCC(=O)OC[C@]1(C)C[C@H]2C[C@@H]1[C@H](OC(=O)[C@H]1C=C[C@H]1C(=O)O)C2. The van der Waals surface area contributed by atoms with Crippen LogP contribution < -0.4 is 0 Å². The summed E-state index contributed by atoms with van der Waals surface area (Å²) in [6.45, 7) is 14.2. The summed E-state index contributed by atoms with van der Waals surface area (Å²) in [5.41, 5.74) is -0.212. The van der Waals surface area contributed by atoms with Crippen molar-refractivity contribution in [3.05, 3.63) is 12.2 Å². The van der Waals surface area contributed by atoms with E-state index in [-0.39, 0.29) is 28.4 Å². The van der Waals surface area contributed by atoms with E-state index in [1.54, 1.807) is 6.08 Å². The molecule has 0 aromatic carbocycles. The molecule has 6 atom stereocenters. The van der Waals surface area contributed by atoms with E-state index < -0.39 is 32.1 Å². The Kier molecular flexibility index (Phi) is 8.02. The molecule has 3 aliphatic carbocycles. The van der Waals surface area contributed by atoms with Crippen LogP contribution in [0.15, 0.2) is 12.2 Å². The summed E-state index contributed by atoms with van der Waals surface area (Å²) in [7, 11) is -1.75. The summed E-state index contributed by atoms with van der Waals surface area (Å²) in [4.78, 5) is 36.1. The minimum absolute atomic E-state index is 0.138. The number of carbonyl (C=O) groups excluding carboxylic acids is 2. The molecule has 1 N–H and O–H groups in total. The van der Waals surface area contributed by atoms with Crippen molar-refractivity contribution in [1.82, 2.24) is 0 Å². The van der Waals surface area contributed by atoms with Crippen LogP contribution in [-0.4, -0.2) is 50.6 Å². The molecule has 0 aromatic rings. The molecule has 2 fully saturated rings. The van der Waals surface area contributed by atoms with Gasteiger partial charge in [-0.25, -0.2) is 0 Å². The molecule has 0 radical (unpaired) electrons. The Morgan fingerprint density at radius 3 is 2.32 bits per heavy atom. The zero-order valence-corrected chi connectivity index (χ0v) is 22.6. The lowest BCUT2D eigenvalue weighted by Crippen LogP contribution is -2.42. The van der Waals surface area contributed by atoms with Crippen molar-refractivity contribution in [1.29, 1.82) is 0 Å². The van der Waals surface area contributed by atoms with Gasteiger partial charge >= 0.3 is 17.9 Å². The average Bonchev–Trinajstić information content (AvgIpc) is 3.20. The first-order valence-corrected chi connectivity index (χ1v) is 15.6. The Hall–Kier alpha value is -1.67. The standard InChI is InChI=1S/C26H42O7Si/c1-25(2,3)34(5,6)32-12-8-7-9-22(27)31-16-26(4)15-17-13-20(26)21(14-17)33-24(30)19-11-10-18(19)23(28)29/h10-11,17-21H,7-9,12-16H2,1-6H3,(H,28,29)/t17-,18+,19-,20+,21+,26-/m0/s1. The van der Waals surface area contributed by atoms with Gasteiger partial charge in [0.15, 0.2) is 8.32 Å². The summed E-state index contributed by atoms with van der Waals surface area (Å²) in [5.74, 6) is -2.53. The van der Waals surface area contributed by atoms with E-state index >= 15 is 0 Å².